The summed E-state index contributed by atoms with van der Waals surface area (Å²) in [7, 11) is 0. The van der Waals surface area contributed by atoms with Crippen LogP contribution in [0.25, 0.3) is 0 Å². The second-order valence-corrected chi connectivity index (χ2v) is 11.9. The fourth-order valence-electron chi connectivity index (χ4n) is 5.33. The largest absolute Gasteiger partial charge is 0.465 e. The molecule has 1 atom stereocenters. The lowest BCUT2D eigenvalue weighted by Crippen LogP contribution is -2.54. The molecule has 1 unspecified atom stereocenters. The third kappa shape index (κ3) is 4.38. The summed E-state index contributed by atoms with van der Waals surface area (Å²) in [6.45, 7) is 17.6. The van der Waals surface area contributed by atoms with Gasteiger partial charge in [-0.05, 0) is 37.2 Å². The first-order chi connectivity index (χ1) is 16.7. The fraction of sp³-hybridized carbons (Fsp3) is 0.516. The number of carbonyl (C=O) groups excluding carboxylic acids is 3. The molecule has 36 heavy (non-hydrogen) atoms. The van der Waals surface area contributed by atoms with Crippen LogP contribution < -0.4 is 0 Å². The van der Waals surface area contributed by atoms with Crippen LogP contribution >= 0.6 is 0 Å². The van der Waals surface area contributed by atoms with Gasteiger partial charge in [0, 0.05) is 22.5 Å². The van der Waals surface area contributed by atoms with Crippen molar-refractivity contribution in [2.75, 3.05) is 13.2 Å². The summed E-state index contributed by atoms with van der Waals surface area (Å²) < 4.78 is 11.1. The molecular formula is C31H40O5. The summed E-state index contributed by atoms with van der Waals surface area (Å²) in [5, 5.41) is 0. The molecule has 0 saturated heterocycles. The number of ketones is 1. The standard InChI is InChI=1S/C31H40O5/c1-10-35-26(33)31(27(34)36-11-2)17-16-22(21-14-12-20(3)13-15-21)30(31)18-23(28(4,5)6)25(32)24(19-30)29(7,8)9/h12-19,22H,10-11H2,1-9H3. The average Bonchev–Trinajstić information content (AvgIpc) is 3.09. The molecule has 0 heterocycles. The van der Waals surface area contributed by atoms with Crippen molar-refractivity contribution in [2.45, 2.75) is 68.2 Å². The van der Waals surface area contributed by atoms with E-state index in [1.165, 1.54) is 0 Å². The molecule has 3 rings (SSSR count). The Labute approximate surface area is 215 Å². The predicted molar refractivity (Wildman–Crippen MR) is 141 cm³/mol. The quantitative estimate of drug-likeness (QED) is 0.275. The maximum Gasteiger partial charge on any atom is 0.328 e. The number of hydrogen-bond acceptors (Lipinski definition) is 5. The molecule has 0 fully saturated rings. The highest BCUT2D eigenvalue weighted by atomic mass is 16.6. The molecule has 0 amide bonds. The summed E-state index contributed by atoms with van der Waals surface area (Å²) in [5.41, 5.74) is -0.845. The number of benzene rings is 1. The summed E-state index contributed by atoms with van der Waals surface area (Å²) in [6, 6.07) is 8.07. The second kappa shape index (κ2) is 9.49. The van der Waals surface area contributed by atoms with Crippen LogP contribution in [0.2, 0.25) is 0 Å². The number of rotatable bonds is 5. The monoisotopic (exact) mass is 492 g/mol. The summed E-state index contributed by atoms with van der Waals surface area (Å²) >= 11 is 0. The Morgan fingerprint density at radius 1 is 0.833 bits per heavy atom. The number of hydrogen-bond donors (Lipinski definition) is 0. The van der Waals surface area contributed by atoms with Crippen molar-refractivity contribution in [1.82, 2.24) is 0 Å². The van der Waals surface area contributed by atoms with Gasteiger partial charge < -0.3 is 9.47 Å². The molecule has 5 heteroatoms. The lowest BCUT2D eigenvalue weighted by molar-refractivity contribution is -0.173. The number of ether oxygens (including phenoxy) is 2. The second-order valence-electron chi connectivity index (χ2n) is 11.9. The van der Waals surface area contributed by atoms with Gasteiger partial charge in [0.05, 0.1) is 13.2 Å². The van der Waals surface area contributed by atoms with Crippen molar-refractivity contribution in [3.63, 3.8) is 0 Å². The number of allylic oxidation sites excluding steroid dienone is 5. The van der Waals surface area contributed by atoms with E-state index in [-0.39, 0.29) is 19.0 Å². The van der Waals surface area contributed by atoms with E-state index in [9.17, 15) is 14.4 Å². The van der Waals surface area contributed by atoms with E-state index >= 15 is 0 Å². The molecule has 0 N–H and O–H groups in total. The Morgan fingerprint density at radius 3 is 1.67 bits per heavy atom. The van der Waals surface area contributed by atoms with Gasteiger partial charge in [0.2, 0.25) is 0 Å². The molecule has 0 saturated carbocycles. The van der Waals surface area contributed by atoms with E-state index in [0.717, 1.165) is 11.1 Å². The minimum absolute atomic E-state index is 0.0585. The van der Waals surface area contributed by atoms with Crippen LogP contribution in [0.3, 0.4) is 0 Å². The smallest absolute Gasteiger partial charge is 0.328 e. The van der Waals surface area contributed by atoms with Crippen LogP contribution in [-0.2, 0) is 23.9 Å². The molecule has 1 aromatic carbocycles. The molecule has 0 radical (unpaired) electrons. The van der Waals surface area contributed by atoms with Gasteiger partial charge in [0.15, 0.2) is 11.2 Å². The van der Waals surface area contributed by atoms with E-state index < -0.39 is 39.5 Å². The SMILES string of the molecule is CCOC(=O)C1(C(=O)OCC)C=CC(c2ccc(C)cc2)C12C=C(C(C)(C)C)C(=O)C(C(C)(C)C)=C2. The molecule has 1 spiro atoms. The first-order valence-corrected chi connectivity index (χ1v) is 12.8. The van der Waals surface area contributed by atoms with E-state index in [1.54, 1.807) is 19.9 Å². The fourth-order valence-corrected chi connectivity index (χ4v) is 5.33. The van der Waals surface area contributed by atoms with Gasteiger partial charge in [0.25, 0.3) is 0 Å². The molecule has 0 aliphatic heterocycles. The van der Waals surface area contributed by atoms with Crippen molar-refractivity contribution in [3.05, 3.63) is 70.8 Å². The minimum Gasteiger partial charge on any atom is -0.465 e. The highest BCUT2D eigenvalue weighted by Crippen LogP contribution is 2.63. The molecule has 0 bridgehead atoms. The van der Waals surface area contributed by atoms with Gasteiger partial charge >= 0.3 is 11.9 Å². The maximum absolute atomic E-state index is 13.9. The molecule has 5 nitrogen and oxygen atoms in total. The van der Waals surface area contributed by atoms with E-state index in [4.69, 9.17) is 9.47 Å². The summed E-state index contributed by atoms with van der Waals surface area (Å²) in [5.74, 6) is -1.79. The van der Waals surface area contributed by atoms with Crippen molar-refractivity contribution in [2.24, 2.45) is 21.7 Å². The topological polar surface area (TPSA) is 69.7 Å². The number of esters is 2. The minimum atomic E-state index is -1.78. The van der Waals surface area contributed by atoms with E-state index in [0.29, 0.717) is 11.1 Å². The van der Waals surface area contributed by atoms with Crippen LogP contribution in [0.1, 0.15) is 72.4 Å². The third-order valence-corrected chi connectivity index (χ3v) is 7.24. The van der Waals surface area contributed by atoms with Crippen LogP contribution in [0, 0.1) is 28.6 Å². The lowest BCUT2D eigenvalue weighted by atomic mass is 9.54. The van der Waals surface area contributed by atoms with Gasteiger partial charge in [0.1, 0.15) is 0 Å². The van der Waals surface area contributed by atoms with Gasteiger partial charge in [-0.15, -0.1) is 0 Å². The van der Waals surface area contributed by atoms with Gasteiger partial charge in [-0.1, -0.05) is 95.7 Å². The molecule has 0 aromatic heterocycles. The van der Waals surface area contributed by atoms with E-state index in [2.05, 4.69) is 0 Å². The zero-order valence-corrected chi connectivity index (χ0v) is 23.2. The van der Waals surface area contributed by atoms with Crippen molar-refractivity contribution in [3.8, 4) is 0 Å². The first kappa shape index (κ1) is 27.6. The summed E-state index contributed by atoms with van der Waals surface area (Å²) in [6.07, 6.45) is 7.28. The Hall–Kier alpha value is -2.95. The average molecular weight is 493 g/mol. The molecule has 2 aliphatic carbocycles. The van der Waals surface area contributed by atoms with Crippen LogP contribution in [0.4, 0.5) is 0 Å². The Kier molecular flexibility index (Phi) is 7.29. The first-order valence-electron chi connectivity index (χ1n) is 12.8. The van der Waals surface area contributed by atoms with Crippen molar-refractivity contribution < 1.29 is 23.9 Å². The zero-order chi connectivity index (χ0) is 27.1. The number of carbonyl (C=O) groups is 3. The van der Waals surface area contributed by atoms with Gasteiger partial charge in [-0.25, -0.2) is 0 Å². The lowest BCUT2D eigenvalue weighted by Gasteiger charge is -2.47. The van der Waals surface area contributed by atoms with E-state index in [1.807, 2.05) is 91.0 Å². The normalized spacial score (nSPS) is 20.7. The molecular weight excluding hydrogens is 452 g/mol. The Balaban J connectivity index is 2.50. The van der Waals surface area contributed by atoms with Crippen LogP contribution in [0.15, 0.2) is 59.7 Å². The number of aryl methyl sites for hydroxylation is 1. The number of Topliss-reactive ketones (excluding diaryl/α,β-unsaturated/α-hetero) is 1. The zero-order valence-electron chi connectivity index (χ0n) is 23.2. The highest BCUT2D eigenvalue weighted by molar-refractivity contribution is 6.13. The Morgan fingerprint density at radius 2 is 1.28 bits per heavy atom. The van der Waals surface area contributed by atoms with Crippen molar-refractivity contribution in [1.29, 1.82) is 0 Å². The molecule has 2 aliphatic rings. The highest BCUT2D eigenvalue weighted by Gasteiger charge is 2.67. The van der Waals surface area contributed by atoms with Crippen LogP contribution in [0.5, 0.6) is 0 Å². The predicted octanol–water partition coefficient (Wildman–Crippen LogP) is 6.28. The van der Waals surface area contributed by atoms with Gasteiger partial charge in [-0.2, -0.15) is 0 Å². The van der Waals surface area contributed by atoms with Crippen molar-refractivity contribution >= 4 is 17.7 Å². The molecule has 194 valence electrons. The maximum atomic E-state index is 13.9. The van der Waals surface area contributed by atoms with Crippen LogP contribution in [-0.4, -0.2) is 30.9 Å². The third-order valence-electron chi connectivity index (χ3n) is 7.24. The summed E-state index contributed by atoms with van der Waals surface area (Å²) in [4.78, 5) is 41.6. The molecule has 1 aromatic rings. The van der Waals surface area contributed by atoms with Gasteiger partial charge in [-0.3, -0.25) is 14.4 Å². The Bertz CT molecular complexity index is 1080.